The van der Waals surface area contributed by atoms with Crippen molar-refractivity contribution in [3.8, 4) is 5.75 Å². The zero-order valence-electron chi connectivity index (χ0n) is 26.5. The zero-order chi connectivity index (χ0) is 33.0. The molecule has 3 N–H and O–H groups in total. The summed E-state index contributed by atoms with van der Waals surface area (Å²) in [6.45, 7) is 4.62. The zero-order valence-corrected chi connectivity index (χ0v) is 26.5. The SMILES string of the molecule is O=C(NC1CCC(CC2NC2C(=O)c2cc(F)cnc2Nc2cccc(OCCN3CCOCC3)c2)CC1)c1cn2cc(F)ccc2n1. The van der Waals surface area contributed by atoms with E-state index in [1.54, 1.807) is 0 Å². The molecule has 1 aliphatic carbocycles. The van der Waals surface area contributed by atoms with Crippen molar-refractivity contribution in [2.45, 2.75) is 50.2 Å². The van der Waals surface area contributed by atoms with E-state index >= 15 is 0 Å². The quantitative estimate of drug-likeness (QED) is 0.150. The summed E-state index contributed by atoms with van der Waals surface area (Å²) in [5.74, 6) is -0.0432. The number of Topliss-reactive ketones (excluding diaryl/α,β-unsaturated/α-hetero) is 1. The van der Waals surface area contributed by atoms with E-state index in [2.05, 4.69) is 30.8 Å². The molecule has 13 heteroatoms. The molecule has 2 saturated heterocycles. The largest absolute Gasteiger partial charge is 0.492 e. The summed E-state index contributed by atoms with van der Waals surface area (Å²) in [6, 6.07) is 11.1. The summed E-state index contributed by atoms with van der Waals surface area (Å²) in [5, 5.41) is 9.56. The Hall–Kier alpha value is -4.46. The van der Waals surface area contributed by atoms with Crippen molar-refractivity contribution in [2.75, 3.05) is 44.8 Å². The van der Waals surface area contributed by atoms with E-state index < -0.39 is 17.7 Å². The Balaban J connectivity index is 0.892. The molecule has 7 rings (SSSR count). The summed E-state index contributed by atoms with van der Waals surface area (Å²) in [7, 11) is 0. The average Bonchev–Trinajstić information content (AvgIpc) is 3.73. The van der Waals surface area contributed by atoms with E-state index in [0.717, 1.165) is 71.1 Å². The van der Waals surface area contributed by atoms with E-state index in [1.165, 1.54) is 35.0 Å². The van der Waals surface area contributed by atoms with Crippen LogP contribution in [0.4, 0.5) is 20.3 Å². The lowest BCUT2D eigenvalue weighted by Gasteiger charge is -2.28. The first-order valence-corrected chi connectivity index (χ1v) is 16.6. The summed E-state index contributed by atoms with van der Waals surface area (Å²) in [6.07, 6.45) is 8.23. The number of hydrogen-bond acceptors (Lipinski definition) is 9. The Morgan fingerprint density at radius 3 is 2.69 bits per heavy atom. The van der Waals surface area contributed by atoms with Crippen LogP contribution in [0.25, 0.3) is 5.65 Å². The van der Waals surface area contributed by atoms with Gasteiger partial charge < -0.3 is 29.8 Å². The van der Waals surface area contributed by atoms with Crippen LogP contribution < -0.4 is 20.7 Å². The van der Waals surface area contributed by atoms with Gasteiger partial charge in [0.25, 0.3) is 5.91 Å². The van der Waals surface area contributed by atoms with Gasteiger partial charge in [-0.25, -0.2) is 18.7 Å². The average molecular weight is 660 g/mol. The highest BCUT2D eigenvalue weighted by molar-refractivity contribution is 6.06. The first kappa shape index (κ1) is 32.1. The Kier molecular flexibility index (Phi) is 9.59. The Morgan fingerprint density at radius 1 is 1.02 bits per heavy atom. The third-order valence-corrected chi connectivity index (χ3v) is 9.38. The number of nitrogens with zero attached hydrogens (tertiary/aromatic N) is 4. The summed E-state index contributed by atoms with van der Waals surface area (Å²) in [5.41, 5.74) is 1.66. The number of carbonyl (C=O) groups excluding carboxylic acids is 2. The van der Waals surface area contributed by atoms with Crippen molar-refractivity contribution in [2.24, 2.45) is 5.92 Å². The highest BCUT2D eigenvalue weighted by Crippen LogP contribution is 2.34. The second kappa shape index (κ2) is 14.3. The monoisotopic (exact) mass is 659 g/mol. The number of imidazole rings is 1. The van der Waals surface area contributed by atoms with Crippen LogP contribution in [0.3, 0.4) is 0 Å². The molecule has 252 valence electrons. The number of ether oxygens (including phenoxy) is 2. The third-order valence-electron chi connectivity index (χ3n) is 9.38. The number of aromatic nitrogens is 3. The summed E-state index contributed by atoms with van der Waals surface area (Å²) < 4.78 is 40.7. The lowest BCUT2D eigenvalue weighted by Crippen LogP contribution is -2.38. The normalized spacial score (nSPS) is 22.7. The van der Waals surface area contributed by atoms with Gasteiger partial charge in [0.1, 0.15) is 41.1 Å². The summed E-state index contributed by atoms with van der Waals surface area (Å²) >= 11 is 0. The fourth-order valence-electron chi connectivity index (χ4n) is 6.68. The molecule has 48 heavy (non-hydrogen) atoms. The lowest BCUT2D eigenvalue weighted by molar-refractivity contribution is 0.0322. The number of ketones is 1. The van der Waals surface area contributed by atoms with E-state index in [9.17, 15) is 18.4 Å². The smallest absolute Gasteiger partial charge is 0.271 e. The van der Waals surface area contributed by atoms with Gasteiger partial charge in [0.05, 0.1) is 31.0 Å². The van der Waals surface area contributed by atoms with Gasteiger partial charge in [-0.05, 0) is 68.4 Å². The molecule has 1 amide bonds. The first-order valence-electron chi connectivity index (χ1n) is 16.6. The maximum absolute atomic E-state index is 14.3. The van der Waals surface area contributed by atoms with Crippen molar-refractivity contribution in [3.05, 3.63) is 83.9 Å². The number of pyridine rings is 2. The van der Waals surface area contributed by atoms with Crippen LogP contribution in [0.1, 0.15) is 53.0 Å². The molecular weight excluding hydrogens is 620 g/mol. The number of fused-ring (bicyclic) bond motifs is 1. The molecule has 2 unspecified atom stereocenters. The topological polar surface area (TPSA) is 132 Å². The number of amides is 1. The fourth-order valence-corrected chi connectivity index (χ4v) is 6.68. The number of nitrogens with one attached hydrogen (secondary N) is 3. The minimum Gasteiger partial charge on any atom is -0.492 e. The molecule has 0 radical (unpaired) electrons. The Bertz CT molecular complexity index is 1770. The van der Waals surface area contributed by atoms with Gasteiger partial charge in [-0.3, -0.25) is 14.5 Å². The van der Waals surface area contributed by atoms with Gasteiger partial charge >= 0.3 is 0 Å². The molecule has 1 saturated carbocycles. The molecule has 2 atom stereocenters. The van der Waals surface area contributed by atoms with Crippen LogP contribution in [0.5, 0.6) is 5.75 Å². The van der Waals surface area contributed by atoms with Crippen molar-refractivity contribution in [3.63, 3.8) is 0 Å². The first-order chi connectivity index (χ1) is 23.4. The number of hydrogen-bond donors (Lipinski definition) is 3. The molecule has 1 aromatic carbocycles. The second-order valence-electron chi connectivity index (χ2n) is 12.8. The van der Waals surface area contributed by atoms with E-state index in [0.29, 0.717) is 35.4 Å². The van der Waals surface area contributed by atoms with Crippen molar-refractivity contribution < 1.29 is 27.8 Å². The van der Waals surface area contributed by atoms with Gasteiger partial charge in [0.2, 0.25) is 0 Å². The van der Waals surface area contributed by atoms with Crippen LogP contribution in [0.15, 0.2) is 61.1 Å². The van der Waals surface area contributed by atoms with Crippen LogP contribution >= 0.6 is 0 Å². The van der Waals surface area contributed by atoms with Gasteiger partial charge in [0.15, 0.2) is 5.78 Å². The predicted octanol–water partition coefficient (Wildman–Crippen LogP) is 4.36. The molecular formula is C35H39F2N7O4. The standard InChI is InChI=1S/C35H39F2N7O4/c36-23-6-9-31-41-30(21-44(31)20-23)35(46)40-25-7-4-22(5-8-25)16-29-32(42-29)33(45)28-17-24(37)19-38-34(28)39-26-2-1-3-27(18-26)48-15-12-43-10-13-47-14-11-43/h1-3,6,9,17-22,25,29,32,42H,4-5,7-8,10-16H2,(H,38,39)(H,40,46). The van der Waals surface area contributed by atoms with Gasteiger partial charge in [-0.2, -0.15) is 0 Å². The maximum Gasteiger partial charge on any atom is 0.271 e. The molecule has 3 aliphatic rings. The van der Waals surface area contributed by atoms with E-state index in [-0.39, 0.29) is 35.0 Å². The fraction of sp³-hybridized carbons (Fsp3) is 0.429. The second-order valence-corrected chi connectivity index (χ2v) is 12.8. The number of carbonyl (C=O) groups is 2. The van der Waals surface area contributed by atoms with Crippen molar-refractivity contribution in [1.82, 2.24) is 29.9 Å². The van der Waals surface area contributed by atoms with Crippen LogP contribution in [0, 0.1) is 17.6 Å². The van der Waals surface area contributed by atoms with Crippen LogP contribution in [0.2, 0.25) is 0 Å². The van der Waals surface area contributed by atoms with E-state index in [4.69, 9.17) is 9.47 Å². The van der Waals surface area contributed by atoms with Crippen molar-refractivity contribution >= 4 is 28.8 Å². The van der Waals surface area contributed by atoms with Gasteiger partial charge in [0, 0.05) is 55.9 Å². The molecule has 0 spiro atoms. The minimum atomic E-state index is -0.572. The lowest BCUT2D eigenvalue weighted by atomic mass is 9.82. The van der Waals surface area contributed by atoms with Crippen LogP contribution in [-0.4, -0.2) is 88.5 Å². The molecule has 0 bridgehead atoms. The minimum absolute atomic E-state index is 0.00585. The molecule has 4 aromatic rings. The molecule has 2 aliphatic heterocycles. The van der Waals surface area contributed by atoms with Crippen molar-refractivity contribution in [1.29, 1.82) is 0 Å². The Labute approximate surface area is 277 Å². The highest BCUT2D eigenvalue weighted by atomic mass is 19.1. The van der Waals surface area contributed by atoms with Crippen LogP contribution in [-0.2, 0) is 4.74 Å². The predicted molar refractivity (Wildman–Crippen MR) is 175 cm³/mol. The number of anilines is 2. The summed E-state index contributed by atoms with van der Waals surface area (Å²) in [4.78, 5) is 37.2. The molecule has 5 heterocycles. The molecule has 11 nitrogen and oxygen atoms in total. The van der Waals surface area contributed by atoms with Gasteiger partial charge in [-0.15, -0.1) is 0 Å². The highest BCUT2D eigenvalue weighted by Gasteiger charge is 2.44. The molecule has 3 aromatic heterocycles. The maximum atomic E-state index is 14.3. The number of morpholine rings is 1. The third kappa shape index (κ3) is 7.80. The van der Waals surface area contributed by atoms with E-state index in [1.807, 2.05) is 24.3 Å². The molecule has 3 fully saturated rings. The number of rotatable bonds is 12. The van der Waals surface area contributed by atoms with Gasteiger partial charge in [-0.1, -0.05) is 6.07 Å². The number of benzene rings is 1. The number of halogens is 2. The Morgan fingerprint density at radius 2 is 1.85 bits per heavy atom.